The van der Waals surface area contributed by atoms with E-state index < -0.39 is 18.2 Å². The van der Waals surface area contributed by atoms with Gasteiger partial charge in [0.05, 0.1) is 0 Å². The molecule has 0 aromatic heterocycles. The molecule has 44 heavy (non-hydrogen) atoms. The Bertz CT molecular complexity index is 1440. The van der Waals surface area contributed by atoms with Crippen LogP contribution in [0.3, 0.4) is 0 Å². The summed E-state index contributed by atoms with van der Waals surface area (Å²) >= 11 is -5.87. The van der Waals surface area contributed by atoms with Crippen molar-refractivity contribution in [2.75, 3.05) is 0 Å². The molecule has 8 unspecified atom stereocenters. The molecule has 10 nitrogen and oxygen atoms in total. The predicted octanol–water partition coefficient (Wildman–Crippen LogP) is 2.40. The Morgan fingerprint density at radius 3 is 1.00 bits per heavy atom. The van der Waals surface area contributed by atoms with Crippen LogP contribution >= 0.6 is 0 Å². The van der Waals surface area contributed by atoms with Crippen LogP contribution in [0.15, 0.2) is 97.1 Å². The predicted molar refractivity (Wildman–Crippen MR) is 159 cm³/mol. The molecule has 3 aromatic carbocycles. The number of hydrogen-bond acceptors (Lipinski definition) is 10. The first-order valence-electron chi connectivity index (χ1n) is 15.0. The van der Waals surface area contributed by atoms with Crippen molar-refractivity contribution in [3.8, 4) is 0 Å². The summed E-state index contributed by atoms with van der Waals surface area (Å²) in [4.78, 5) is 25.5. The first-order chi connectivity index (χ1) is 21.4. The van der Waals surface area contributed by atoms with Gasteiger partial charge in [-0.25, -0.2) is 0 Å². The molecule has 228 valence electrons. The molecule has 6 aliphatic rings. The van der Waals surface area contributed by atoms with Crippen molar-refractivity contribution >= 4 is 28.8 Å². The van der Waals surface area contributed by atoms with Gasteiger partial charge in [0.25, 0.3) is 0 Å². The fourth-order valence-electron chi connectivity index (χ4n) is 6.93. The molecule has 11 heteroatoms. The van der Waals surface area contributed by atoms with Gasteiger partial charge in [-0.2, -0.15) is 0 Å². The molecule has 0 saturated carbocycles. The van der Waals surface area contributed by atoms with Gasteiger partial charge >= 0.3 is 258 Å². The van der Waals surface area contributed by atoms with E-state index in [9.17, 15) is 0 Å². The molecule has 4 fully saturated rings. The Kier molecular flexibility index (Phi) is 6.34. The fraction of sp³-hybridized carbons (Fsp3) is 0.333. The van der Waals surface area contributed by atoms with E-state index in [0.29, 0.717) is 0 Å². The Labute approximate surface area is 257 Å². The standard InChI is InChI=1S/3C7H7.2C6H6NO4.Sb/c3*1-7-5-3-2-4-6-7;2*8-7-10-5-3-1-2-4(9-3)6(5)11-7;/h3*3-6H,1H3;2*1-6H;/q;;;2*-1;+2. The molecule has 4 bridgehead atoms. The van der Waals surface area contributed by atoms with Crippen LogP contribution in [0, 0.1) is 20.8 Å². The van der Waals surface area contributed by atoms with E-state index in [1.165, 1.54) is 0 Å². The maximum absolute atomic E-state index is 7.32. The Morgan fingerprint density at radius 2 is 0.727 bits per heavy atom. The van der Waals surface area contributed by atoms with Gasteiger partial charge < -0.3 is 0 Å². The van der Waals surface area contributed by atoms with Gasteiger partial charge in [0.1, 0.15) is 0 Å². The first kappa shape index (κ1) is 27.8. The van der Waals surface area contributed by atoms with E-state index >= 15 is 0 Å². The average molecular weight is 707 g/mol. The first-order valence-corrected chi connectivity index (χ1v) is 20.9. The quantitative estimate of drug-likeness (QED) is 0.270. The topological polar surface area (TPSA) is 80.3 Å². The molecule has 0 amide bonds. The van der Waals surface area contributed by atoms with E-state index in [2.05, 4.69) is 93.6 Å². The van der Waals surface area contributed by atoms with E-state index in [-0.39, 0.29) is 48.8 Å². The second-order valence-corrected chi connectivity index (χ2v) is 23.1. The van der Waals surface area contributed by atoms with Crippen LogP contribution in [0.1, 0.15) is 16.7 Å². The third-order valence-corrected chi connectivity index (χ3v) is 22.5. The molecule has 3 aromatic rings. The number of hydrogen-bond donors (Lipinski definition) is 0. The second kappa shape index (κ2) is 10.0. The maximum atomic E-state index is 7.32. The van der Waals surface area contributed by atoms with Gasteiger partial charge in [-0.1, -0.05) is 0 Å². The number of aryl methyl sites for hydroxylation is 3. The van der Waals surface area contributed by atoms with Crippen molar-refractivity contribution in [2.24, 2.45) is 0 Å². The molecule has 0 spiro atoms. The van der Waals surface area contributed by atoms with Crippen molar-refractivity contribution < 1.29 is 35.1 Å². The number of rotatable bonds is 7. The van der Waals surface area contributed by atoms with Crippen LogP contribution in [-0.4, -0.2) is 77.8 Å². The molecule has 8 atom stereocenters. The molecule has 6 heterocycles. The monoisotopic (exact) mass is 706 g/mol. The molecule has 0 aliphatic carbocycles. The van der Waals surface area contributed by atoms with Crippen LogP contribution in [0.25, 0.3) is 0 Å². The molecule has 9 rings (SSSR count). The SMILES string of the molecule is Cc1cc[c]([Sb]([O]N2OC3C4C=CC(O4)C3O2)([O]N2OC3C4C=CC(O4)C3O2)([c]2ccc(C)cc2)[c]2ccc(C)cc2)cc1. The van der Waals surface area contributed by atoms with Crippen molar-refractivity contribution in [1.82, 2.24) is 10.8 Å². The van der Waals surface area contributed by atoms with Crippen LogP contribution in [-0.2, 0) is 35.1 Å². The third kappa shape index (κ3) is 3.98. The minimum absolute atomic E-state index is 0.218. The number of benzene rings is 3. The Hall–Kier alpha value is -2.44. The van der Waals surface area contributed by atoms with E-state index in [0.717, 1.165) is 38.0 Å². The van der Waals surface area contributed by atoms with E-state index in [1.807, 2.05) is 24.3 Å². The zero-order valence-corrected chi connectivity index (χ0v) is 27.0. The number of nitrogens with zero attached hydrogens (tertiary/aromatic N) is 2. The van der Waals surface area contributed by atoms with Crippen LogP contribution in [0.2, 0.25) is 0 Å². The van der Waals surface area contributed by atoms with Gasteiger partial charge in [-0.05, 0) is 0 Å². The number of fused-ring (bicyclic) bond motifs is 10. The normalized spacial score (nSPS) is 34.5. The Morgan fingerprint density at radius 1 is 0.455 bits per heavy atom. The van der Waals surface area contributed by atoms with Crippen molar-refractivity contribution in [3.05, 3.63) is 114 Å². The zero-order chi connectivity index (χ0) is 29.7. The summed E-state index contributed by atoms with van der Waals surface area (Å²) in [7, 11) is 0. The van der Waals surface area contributed by atoms with Gasteiger partial charge in [0.15, 0.2) is 0 Å². The van der Waals surface area contributed by atoms with Crippen molar-refractivity contribution in [3.63, 3.8) is 0 Å². The van der Waals surface area contributed by atoms with E-state index in [1.54, 1.807) is 0 Å². The fourth-order valence-corrected chi connectivity index (χ4v) is 19.0. The summed E-state index contributed by atoms with van der Waals surface area (Å²) in [6.07, 6.45) is 5.76. The van der Waals surface area contributed by atoms with Crippen LogP contribution in [0.4, 0.5) is 0 Å². The van der Waals surface area contributed by atoms with Crippen molar-refractivity contribution in [1.29, 1.82) is 0 Å². The summed E-state index contributed by atoms with van der Waals surface area (Å²) in [6.45, 7) is 6.17. The Balaban J connectivity index is 1.25. The van der Waals surface area contributed by atoms with Gasteiger partial charge in [0, 0.05) is 0 Å². The van der Waals surface area contributed by atoms with E-state index in [4.69, 9.17) is 35.1 Å². The molecule has 4 saturated heterocycles. The van der Waals surface area contributed by atoms with Crippen LogP contribution in [0.5, 0.6) is 0 Å². The third-order valence-electron chi connectivity index (χ3n) is 9.34. The van der Waals surface area contributed by atoms with Gasteiger partial charge in [-0.3, -0.25) is 0 Å². The van der Waals surface area contributed by atoms with Gasteiger partial charge in [-0.15, -0.1) is 0 Å². The molecule has 6 aliphatic heterocycles. The number of ether oxygens (including phenoxy) is 2. The molecular weight excluding hydrogens is 674 g/mol. The zero-order valence-electron chi connectivity index (χ0n) is 24.5. The summed E-state index contributed by atoms with van der Waals surface area (Å²) < 4.78 is 29.1. The summed E-state index contributed by atoms with van der Waals surface area (Å²) in [5, 5.41) is 2.33. The van der Waals surface area contributed by atoms with Crippen LogP contribution < -0.4 is 10.5 Å². The molecule has 0 N–H and O–H groups in total. The molecule has 0 radical (unpaired) electrons. The minimum atomic E-state index is -5.87. The average Bonchev–Trinajstić information content (AvgIpc) is 3.86. The van der Waals surface area contributed by atoms with Gasteiger partial charge in [0.2, 0.25) is 0 Å². The van der Waals surface area contributed by atoms with Crippen molar-refractivity contribution in [2.45, 2.75) is 69.6 Å². The summed E-state index contributed by atoms with van der Waals surface area (Å²) in [5.74, 6) is 0. The summed E-state index contributed by atoms with van der Waals surface area (Å²) in [5.41, 5.74) is 3.30. The summed E-state index contributed by atoms with van der Waals surface area (Å²) in [6, 6.07) is 24.7. The molecular formula is C33H33N2O8Sb. The second-order valence-electron chi connectivity index (χ2n) is 12.3.